The SMILES string of the molecule is C[C@H](CN[C@@H]1CCCC1(C)C)[S@@](C)=O. The molecule has 1 aliphatic rings. The third-order valence-corrected chi connectivity index (χ3v) is 4.78. The maximum atomic E-state index is 11.2. The van der Waals surface area contributed by atoms with E-state index in [2.05, 4.69) is 19.2 Å². The molecule has 1 rings (SSSR count). The van der Waals surface area contributed by atoms with Crippen molar-refractivity contribution in [2.75, 3.05) is 12.8 Å². The monoisotopic (exact) mass is 217 g/mol. The van der Waals surface area contributed by atoms with Gasteiger partial charge in [0.1, 0.15) is 0 Å². The van der Waals surface area contributed by atoms with E-state index in [4.69, 9.17) is 0 Å². The minimum atomic E-state index is -0.698. The van der Waals surface area contributed by atoms with Crippen molar-refractivity contribution in [1.29, 1.82) is 0 Å². The average molecular weight is 217 g/mol. The highest BCUT2D eigenvalue weighted by Crippen LogP contribution is 2.37. The third kappa shape index (κ3) is 3.06. The van der Waals surface area contributed by atoms with Crippen molar-refractivity contribution in [2.24, 2.45) is 5.41 Å². The largest absolute Gasteiger partial charge is 0.312 e. The maximum Gasteiger partial charge on any atom is 0.0441 e. The second kappa shape index (κ2) is 4.75. The second-order valence-electron chi connectivity index (χ2n) is 5.15. The number of hydrogen-bond acceptors (Lipinski definition) is 2. The van der Waals surface area contributed by atoms with E-state index in [1.165, 1.54) is 19.3 Å². The Balaban J connectivity index is 2.34. The maximum absolute atomic E-state index is 11.2. The van der Waals surface area contributed by atoms with E-state index in [9.17, 15) is 4.21 Å². The molecule has 1 N–H and O–H groups in total. The molecule has 0 radical (unpaired) electrons. The highest BCUT2D eigenvalue weighted by molar-refractivity contribution is 7.84. The van der Waals surface area contributed by atoms with E-state index < -0.39 is 10.8 Å². The average Bonchev–Trinajstić information content (AvgIpc) is 2.40. The second-order valence-corrected chi connectivity index (χ2v) is 6.95. The van der Waals surface area contributed by atoms with Crippen LogP contribution in [0.5, 0.6) is 0 Å². The summed E-state index contributed by atoms with van der Waals surface area (Å²) in [6, 6.07) is 0.619. The van der Waals surface area contributed by atoms with Crippen molar-refractivity contribution in [3.63, 3.8) is 0 Å². The Morgan fingerprint density at radius 3 is 2.64 bits per heavy atom. The van der Waals surface area contributed by atoms with Crippen LogP contribution in [0.2, 0.25) is 0 Å². The lowest BCUT2D eigenvalue weighted by Gasteiger charge is -2.28. The molecule has 0 bridgehead atoms. The van der Waals surface area contributed by atoms with Crippen LogP contribution in [0.4, 0.5) is 0 Å². The van der Waals surface area contributed by atoms with Crippen molar-refractivity contribution in [1.82, 2.24) is 5.32 Å². The predicted octanol–water partition coefficient (Wildman–Crippen LogP) is 1.92. The zero-order valence-electron chi connectivity index (χ0n) is 9.80. The fourth-order valence-electron chi connectivity index (χ4n) is 2.13. The summed E-state index contributed by atoms with van der Waals surface area (Å²) in [7, 11) is -0.698. The minimum absolute atomic E-state index is 0.270. The number of hydrogen-bond donors (Lipinski definition) is 1. The molecule has 1 fully saturated rings. The zero-order chi connectivity index (χ0) is 10.8. The van der Waals surface area contributed by atoms with Gasteiger partial charge >= 0.3 is 0 Å². The summed E-state index contributed by atoms with van der Waals surface area (Å²) >= 11 is 0. The van der Waals surface area contributed by atoms with Crippen LogP contribution in [-0.4, -0.2) is 28.3 Å². The number of rotatable bonds is 4. The van der Waals surface area contributed by atoms with Gasteiger partial charge in [-0.05, 0) is 25.2 Å². The first-order chi connectivity index (χ1) is 6.43. The summed E-state index contributed by atoms with van der Waals surface area (Å²) in [5, 5.41) is 3.83. The Kier molecular flexibility index (Phi) is 4.14. The molecule has 1 aliphatic carbocycles. The number of nitrogens with one attached hydrogen (secondary N) is 1. The summed E-state index contributed by atoms with van der Waals surface area (Å²) in [4.78, 5) is 0. The van der Waals surface area contributed by atoms with Gasteiger partial charge in [0.05, 0.1) is 0 Å². The lowest BCUT2D eigenvalue weighted by molar-refractivity contribution is 0.285. The smallest absolute Gasteiger partial charge is 0.0441 e. The molecule has 1 saturated carbocycles. The lowest BCUT2D eigenvalue weighted by Crippen LogP contribution is -2.41. The van der Waals surface area contributed by atoms with Crippen LogP contribution in [0.1, 0.15) is 40.0 Å². The van der Waals surface area contributed by atoms with Gasteiger partial charge < -0.3 is 5.32 Å². The molecule has 0 spiro atoms. The topological polar surface area (TPSA) is 29.1 Å². The summed E-state index contributed by atoms with van der Waals surface area (Å²) < 4.78 is 11.2. The van der Waals surface area contributed by atoms with Gasteiger partial charge in [0.2, 0.25) is 0 Å². The van der Waals surface area contributed by atoms with Gasteiger partial charge in [0, 0.05) is 34.9 Å². The van der Waals surface area contributed by atoms with E-state index in [0.29, 0.717) is 11.5 Å². The van der Waals surface area contributed by atoms with E-state index in [1.807, 2.05) is 6.92 Å². The van der Waals surface area contributed by atoms with Gasteiger partial charge in [-0.2, -0.15) is 0 Å². The van der Waals surface area contributed by atoms with Crippen LogP contribution >= 0.6 is 0 Å². The van der Waals surface area contributed by atoms with Gasteiger partial charge in [-0.15, -0.1) is 0 Å². The van der Waals surface area contributed by atoms with Gasteiger partial charge in [0.25, 0.3) is 0 Å². The molecule has 0 saturated heterocycles. The van der Waals surface area contributed by atoms with Crippen LogP contribution in [0.15, 0.2) is 0 Å². The van der Waals surface area contributed by atoms with E-state index in [0.717, 1.165) is 6.54 Å². The van der Waals surface area contributed by atoms with Crippen molar-refractivity contribution in [3.05, 3.63) is 0 Å². The zero-order valence-corrected chi connectivity index (χ0v) is 10.6. The Morgan fingerprint density at radius 1 is 1.57 bits per heavy atom. The van der Waals surface area contributed by atoms with Crippen LogP contribution in [0.3, 0.4) is 0 Å². The van der Waals surface area contributed by atoms with Crippen molar-refractivity contribution in [3.8, 4) is 0 Å². The van der Waals surface area contributed by atoms with Gasteiger partial charge in [0.15, 0.2) is 0 Å². The lowest BCUT2D eigenvalue weighted by atomic mass is 9.87. The molecule has 3 atom stereocenters. The van der Waals surface area contributed by atoms with Gasteiger partial charge in [-0.3, -0.25) is 4.21 Å². The van der Waals surface area contributed by atoms with Gasteiger partial charge in [-0.25, -0.2) is 0 Å². The first-order valence-electron chi connectivity index (χ1n) is 5.49. The molecular formula is C11H23NOS. The van der Waals surface area contributed by atoms with E-state index in [1.54, 1.807) is 6.26 Å². The Hall–Kier alpha value is 0.110. The normalized spacial score (nSPS) is 30.1. The molecule has 0 aromatic carbocycles. The molecule has 0 aromatic heterocycles. The fraction of sp³-hybridized carbons (Fsp3) is 1.00. The quantitative estimate of drug-likeness (QED) is 0.779. The van der Waals surface area contributed by atoms with Crippen molar-refractivity contribution in [2.45, 2.75) is 51.3 Å². The first-order valence-corrected chi connectivity index (χ1v) is 7.11. The van der Waals surface area contributed by atoms with Gasteiger partial charge in [-0.1, -0.05) is 20.3 Å². The molecular weight excluding hydrogens is 194 g/mol. The van der Waals surface area contributed by atoms with E-state index >= 15 is 0 Å². The Morgan fingerprint density at radius 2 is 2.21 bits per heavy atom. The van der Waals surface area contributed by atoms with Crippen LogP contribution < -0.4 is 5.32 Å². The van der Waals surface area contributed by atoms with Crippen molar-refractivity contribution >= 4 is 10.8 Å². The molecule has 2 nitrogen and oxygen atoms in total. The summed E-state index contributed by atoms with van der Waals surface area (Å²) in [5.41, 5.74) is 0.426. The van der Waals surface area contributed by atoms with E-state index in [-0.39, 0.29) is 5.25 Å². The summed E-state index contributed by atoms with van der Waals surface area (Å²) in [6.07, 6.45) is 5.70. The highest BCUT2D eigenvalue weighted by atomic mass is 32.2. The molecule has 3 heteroatoms. The first kappa shape index (κ1) is 12.2. The van der Waals surface area contributed by atoms with Crippen LogP contribution in [0, 0.1) is 5.41 Å². The molecule has 0 unspecified atom stereocenters. The molecule has 0 aromatic rings. The highest BCUT2D eigenvalue weighted by Gasteiger charge is 2.34. The van der Waals surface area contributed by atoms with Crippen molar-refractivity contribution < 1.29 is 4.21 Å². The molecule has 84 valence electrons. The Labute approximate surface area is 90.3 Å². The minimum Gasteiger partial charge on any atom is -0.312 e. The molecule has 0 aliphatic heterocycles. The molecule has 0 amide bonds. The third-order valence-electron chi connectivity index (χ3n) is 3.48. The summed E-state index contributed by atoms with van der Waals surface area (Å²) in [6.45, 7) is 7.58. The van der Waals surface area contributed by atoms with Crippen LogP contribution in [-0.2, 0) is 10.8 Å². The summed E-state index contributed by atoms with van der Waals surface area (Å²) in [5.74, 6) is 0. The predicted molar refractivity (Wildman–Crippen MR) is 63.0 cm³/mol. The fourth-order valence-corrected chi connectivity index (χ4v) is 2.46. The molecule has 0 heterocycles. The standard InChI is InChI=1S/C11H23NOS/c1-9(14(4)13)8-12-10-6-5-7-11(10,2)3/h9-10,12H,5-8H2,1-4H3/t9-,10-,14-/m1/s1. The molecule has 14 heavy (non-hydrogen) atoms. The van der Waals surface area contributed by atoms with Crippen LogP contribution in [0.25, 0.3) is 0 Å². The Bertz CT molecular complexity index is 215.